The van der Waals surface area contributed by atoms with Gasteiger partial charge in [0, 0.05) is 35.5 Å². The molecule has 0 amide bonds. The summed E-state index contributed by atoms with van der Waals surface area (Å²) in [4.78, 5) is 10.3. The number of methoxy groups -OCH3 is 1. The van der Waals surface area contributed by atoms with Crippen molar-refractivity contribution in [3.63, 3.8) is 0 Å². The van der Waals surface area contributed by atoms with Crippen molar-refractivity contribution < 1.29 is 18.8 Å². The van der Waals surface area contributed by atoms with Crippen molar-refractivity contribution in [1.29, 1.82) is 0 Å². The Morgan fingerprint density at radius 3 is 2.64 bits per heavy atom. The molecule has 0 saturated carbocycles. The van der Waals surface area contributed by atoms with E-state index in [0.29, 0.717) is 12.4 Å². The molecule has 14 heavy (non-hydrogen) atoms. The molecule has 1 N–H and O–H groups in total. The molecule has 84 valence electrons. The molecule has 0 aliphatic carbocycles. The van der Waals surface area contributed by atoms with Gasteiger partial charge in [0.05, 0.1) is 6.42 Å². The molecule has 0 aromatic rings. The molecule has 0 aromatic carbocycles. The van der Waals surface area contributed by atoms with Gasteiger partial charge in [-0.1, -0.05) is 6.92 Å². The van der Waals surface area contributed by atoms with E-state index in [4.69, 9.17) is 9.84 Å². The number of hydrogen-bond acceptors (Lipinski definition) is 3. The minimum atomic E-state index is -1.03. The normalized spacial score (nSPS) is 15.0. The van der Waals surface area contributed by atoms with E-state index in [1.807, 2.05) is 0 Å². The lowest BCUT2D eigenvalue weighted by Gasteiger charge is -2.08. The standard InChI is InChI=1S/C9H18O4S/c1-8(7-9(10)11)14(12)6-4-3-5-13-2/h8H,3-7H2,1-2H3,(H,10,11). The van der Waals surface area contributed by atoms with Crippen molar-refractivity contribution in [3.05, 3.63) is 0 Å². The molecular formula is C9H18O4S. The second-order valence-electron chi connectivity index (χ2n) is 3.19. The fourth-order valence-corrected chi connectivity index (χ4v) is 2.25. The fraction of sp³-hybridized carbons (Fsp3) is 0.889. The Hall–Kier alpha value is -0.420. The zero-order valence-corrected chi connectivity index (χ0v) is 9.51. The first kappa shape index (κ1) is 13.6. The topological polar surface area (TPSA) is 63.6 Å². The molecule has 0 saturated heterocycles. The number of ether oxygens (including phenoxy) is 1. The summed E-state index contributed by atoms with van der Waals surface area (Å²) in [6.07, 6.45) is 1.68. The zero-order chi connectivity index (χ0) is 11.0. The van der Waals surface area contributed by atoms with Crippen LogP contribution in [0.1, 0.15) is 26.2 Å². The first-order valence-corrected chi connectivity index (χ1v) is 6.04. The van der Waals surface area contributed by atoms with E-state index in [0.717, 1.165) is 12.8 Å². The van der Waals surface area contributed by atoms with Crippen molar-refractivity contribution in [3.8, 4) is 0 Å². The van der Waals surface area contributed by atoms with Gasteiger partial charge in [-0.3, -0.25) is 9.00 Å². The van der Waals surface area contributed by atoms with Crippen LogP contribution in [0.3, 0.4) is 0 Å². The highest BCUT2D eigenvalue weighted by atomic mass is 32.2. The maximum Gasteiger partial charge on any atom is 0.304 e. The van der Waals surface area contributed by atoms with E-state index in [9.17, 15) is 9.00 Å². The molecule has 0 spiro atoms. The predicted octanol–water partition coefficient (Wildman–Crippen LogP) is 1.02. The molecule has 5 heteroatoms. The van der Waals surface area contributed by atoms with Gasteiger partial charge in [-0.2, -0.15) is 0 Å². The van der Waals surface area contributed by atoms with E-state index >= 15 is 0 Å². The van der Waals surface area contributed by atoms with Crippen molar-refractivity contribution in [2.75, 3.05) is 19.5 Å². The molecule has 2 unspecified atom stereocenters. The average molecular weight is 222 g/mol. The lowest BCUT2D eigenvalue weighted by Crippen LogP contribution is -2.18. The van der Waals surface area contributed by atoms with Gasteiger partial charge >= 0.3 is 5.97 Å². The molecule has 0 radical (unpaired) electrons. The lowest BCUT2D eigenvalue weighted by atomic mass is 10.3. The van der Waals surface area contributed by atoms with Gasteiger partial charge in [0.25, 0.3) is 0 Å². The summed E-state index contributed by atoms with van der Waals surface area (Å²) in [7, 11) is 0.604. The Labute approximate surface area is 87.1 Å². The van der Waals surface area contributed by atoms with Crippen LogP contribution >= 0.6 is 0 Å². The molecule has 2 atom stereocenters. The fourth-order valence-electron chi connectivity index (χ4n) is 1.03. The van der Waals surface area contributed by atoms with Crippen LogP contribution in [0.15, 0.2) is 0 Å². The van der Waals surface area contributed by atoms with Gasteiger partial charge in [-0.25, -0.2) is 0 Å². The summed E-state index contributed by atoms with van der Waals surface area (Å²) in [5.41, 5.74) is 0. The van der Waals surface area contributed by atoms with Gasteiger partial charge in [0.15, 0.2) is 0 Å². The van der Waals surface area contributed by atoms with Crippen molar-refractivity contribution in [1.82, 2.24) is 0 Å². The van der Waals surface area contributed by atoms with Crippen LogP contribution in [-0.2, 0) is 20.3 Å². The molecule has 0 aliphatic rings. The Kier molecular flexibility index (Phi) is 7.70. The van der Waals surface area contributed by atoms with E-state index in [1.54, 1.807) is 14.0 Å². The summed E-state index contributed by atoms with van der Waals surface area (Å²) in [5.74, 6) is -0.319. The zero-order valence-electron chi connectivity index (χ0n) is 8.69. The highest BCUT2D eigenvalue weighted by Gasteiger charge is 2.13. The summed E-state index contributed by atoms with van der Waals surface area (Å²) in [6.45, 7) is 2.38. The second-order valence-corrected chi connectivity index (χ2v) is 5.17. The van der Waals surface area contributed by atoms with Crippen LogP contribution in [0.4, 0.5) is 0 Å². The van der Waals surface area contributed by atoms with Crippen LogP contribution in [0, 0.1) is 0 Å². The maximum atomic E-state index is 11.4. The van der Waals surface area contributed by atoms with Crippen molar-refractivity contribution in [2.24, 2.45) is 0 Å². The minimum Gasteiger partial charge on any atom is -0.481 e. The number of carbonyl (C=O) groups is 1. The van der Waals surface area contributed by atoms with Crippen LogP contribution in [-0.4, -0.2) is 40.0 Å². The second kappa shape index (κ2) is 7.94. The smallest absolute Gasteiger partial charge is 0.304 e. The Bertz CT molecular complexity index is 193. The van der Waals surface area contributed by atoms with Crippen molar-refractivity contribution in [2.45, 2.75) is 31.4 Å². The predicted molar refractivity (Wildman–Crippen MR) is 55.8 cm³/mol. The number of rotatable bonds is 8. The molecular weight excluding hydrogens is 204 g/mol. The Balaban J connectivity index is 3.57. The van der Waals surface area contributed by atoms with Crippen LogP contribution in [0.2, 0.25) is 0 Å². The quantitative estimate of drug-likeness (QED) is 0.623. The van der Waals surface area contributed by atoms with Gasteiger partial charge < -0.3 is 9.84 Å². The summed E-state index contributed by atoms with van der Waals surface area (Å²) in [6, 6.07) is 0. The summed E-state index contributed by atoms with van der Waals surface area (Å²) >= 11 is 0. The lowest BCUT2D eigenvalue weighted by molar-refractivity contribution is -0.136. The molecule has 0 rings (SSSR count). The number of hydrogen-bond donors (Lipinski definition) is 1. The number of aliphatic carboxylic acids is 1. The van der Waals surface area contributed by atoms with Crippen LogP contribution in [0.5, 0.6) is 0 Å². The third kappa shape index (κ3) is 7.03. The third-order valence-electron chi connectivity index (χ3n) is 1.85. The largest absolute Gasteiger partial charge is 0.481 e. The average Bonchev–Trinajstić information content (AvgIpc) is 2.11. The summed E-state index contributed by atoms with van der Waals surface area (Å²) < 4.78 is 16.3. The third-order valence-corrected chi connectivity index (χ3v) is 3.61. The minimum absolute atomic E-state index is 0.0170. The van der Waals surface area contributed by atoms with E-state index in [-0.39, 0.29) is 11.7 Å². The molecule has 0 heterocycles. The van der Waals surface area contributed by atoms with E-state index in [2.05, 4.69) is 0 Å². The molecule has 0 bridgehead atoms. The molecule has 0 fully saturated rings. The number of carboxylic acid groups (broad SMARTS) is 1. The Morgan fingerprint density at radius 2 is 2.14 bits per heavy atom. The first-order chi connectivity index (χ1) is 6.57. The highest BCUT2D eigenvalue weighted by molar-refractivity contribution is 7.85. The maximum absolute atomic E-state index is 11.4. The monoisotopic (exact) mass is 222 g/mol. The molecule has 0 aliphatic heterocycles. The van der Waals surface area contributed by atoms with E-state index in [1.165, 1.54) is 0 Å². The molecule has 0 aromatic heterocycles. The number of unbranched alkanes of at least 4 members (excludes halogenated alkanes) is 1. The highest BCUT2D eigenvalue weighted by Crippen LogP contribution is 2.04. The van der Waals surface area contributed by atoms with Crippen LogP contribution in [0.25, 0.3) is 0 Å². The molecule has 4 nitrogen and oxygen atoms in total. The van der Waals surface area contributed by atoms with E-state index < -0.39 is 16.8 Å². The Morgan fingerprint density at radius 1 is 1.50 bits per heavy atom. The summed E-state index contributed by atoms with van der Waals surface area (Å²) in [5, 5.41) is 8.23. The van der Waals surface area contributed by atoms with Crippen molar-refractivity contribution >= 4 is 16.8 Å². The van der Waals surface area contributed by atoms with Gasteiger partial charge in [0.1, 0.15) is 0 Å². The van der Waals surface area contributed by atoms with Gasteiger partial charge in [-0.05, 0) is 12.8 Å². The first-order valence-electron chi connectivity index (χ1n) is 4.65. The SMILES string of the molecule is COCCCCS(=O)C(C)CC(=O)O. The van der Waals surface area contributed by atoms with Crippen LogP contribution < -0.4 is 0 Å². The number of carboxylic acids is 1. The van der Waals surface area contributed by atoms with Gasteiger partial charge in [0.2, 0.25) is 0 Å². The van der Waals surface area contributed by atoms with Gasteiger partial charge in [-0.15, -0.1) is 0 Å².